The minimum Gasteiger partial charge on any atom is -0.313 e. The van der Waals surface area contributed by atoms with Gasteiger partial charge in [-0.1, -0.05) is 24.3 Å². The number of hydrogen-bond donors (Lipinski definition) is 1. The summed E-state index contributed by atoms with van der Waals surface area (Å²) in [4.78, 5) is 3.85. The maximum Gasteiger partial charge on any atom is 0.142 e. The number of halogens is 1. The Morgan fingerprint density at radius 2 is 1.82 bits per heavy atom. The molecular formula is C14H15FN2. The number of hydrogen-bond acceptors (Lipinski definition) is 2. The zero-order valence-electron chi connectivity index (χ0n) is 9.94. The Kier molecular flexibility index (Phi) is 3.49. The van der Waals surface area contributed by atoms with E-state index in [2.05, 4.69) is 17.2 Å². The molecule has 1 aromatic heterocycles. The van der Waals surface area contributed by atoms with Crippen LogP contribution in [0, 0.1) is 5.82 Å². The molecule has 1 unspecified atom stereocenters. The highest BCUT2D eigenvalue weighted by molar-refractivity contribution is 5.62. The van der Waals surface area contributed by atoms with E-state index in [4.69, 9.17) is 0 Å². The number of nitrogens with one attached hydrogen (secondary N) is 1. The number of rotatable bonds is 3. The third-order valence-electron chi connectivity index (χ3n) is 2.88. The minimum atomic E-state index is -0.310. The van der Waals surface area contributed by atoms with Crippen LogP contribution in [-0.2, 0) is 0 Å². The summed E-state index contributed by atoms with van der Waals surface area (Å²) in [7, 11) is 1.93. The second kappa shape index (κ2) is 5.06. The molecule has 1 heterocycles. The number of pyridine rings is 1. The summed E-state index contributed by atoms with van der Waals surface area (Å²) in [6.07, 6.45) is 2.88. The summed E-state index contributed by atoms with van der Waals surface area (Å²) >= 11 is 0. The van der Waals surface area contributed by atoms with Crippen molar-refractivity contribution in [2.24, 2.45) is 0 Å². The van der Waals surface area contributed by atoms with Gasteiger partial charge >= 0.3 is 0 Å². The molecule has 0 aliphatic carbocycles. The lowest BCUT2D eigenvalue weighted by Gasteiger charge is -2.11. The van der Waals surface area contributed by atoms with Gasteiger partial charge in [0.05, 0.1) is 6.20 Å². The van der Waals surface area contributed by atoms with Crippen LogP contribution < -0.4 is 5.32 Å². The van der Waals surface area contributed by atoms with Crippen LogP contribution in [0.1, 0.15) is 18.5 Å². The van der Waals surface area contributed by atoms with Gasteiger partial charge in [-0.05, 0) is 31.2 Å². The summed E-state index contributed by atoms with van der Waals surface area (Å²) in [5.74, 6) is -0.310. The van der Waals surface area contributed by atoms with Crippen LogP contribution >= 0.6 is 0 Å². The summed E-state index contributed by atoms with van der Waals surface area (Å²) < 4.78 is 13.0. The molecule has 2 aromatic rings. The second-order valence-electron chi connectivity index (χ2n) is 4.02. The highest BCUT2D eigenvalue weighted by Crippen LogP contribution is 2.21. The summed E-state index contributed by atoms with van der Waals surface area (Å²) in [6, 6.07) is 9.86. The molecule has 17 heavy (non-hydrogen) atoms. The molecule has 0 aliphatic rings. The van der Waals surface area contributed by atoms with Crippen LogP contribution in [0.3, 0.4) is 0 Å². The fourth-order valence-electron chi connectivity index (χ4n) is 1.70. The molecule has 0 spiro atoms. The molecule has 0 amide bonds. The number of nitrogens with zero attached hydrogens (tertiary/aromatic N) is 1. The van der Waals surface area contributed by atoms with Crippen LogP contribution in [0.4, 0.5) is 4.39 Å². The monoisotopic (exact) mass is 230 g/mol. The van der Waals surface area contributed by atoms with Gasteiger partial charge in [-0.25, -0.2) is 4.39 Å². The van der Waals surface area contributed by atoms with E-state index < -0.39 is 0 Å². The second-order valence-corrected chi connectivity index (χ2v) is 4.02. The molecule has 0 saturated heterocycles. The van der Waals surface area contributed by atoms with Crippen LogP contribution in [0.2, 0.25) is 0 Å². The van der Waals surface area contributed by atoms with Gasteiger partial charge in [0.2, 0.25) is 0 Å². The van der Waals surface area contributed by atoms with Gasteiger partial charge in [0.15, 0.2) is 0 Å². The molecule has 0 saturated carbocycles. The fourth-order valence-corrected chi connectivity index (χ4v) is 1.70. The third kappa shape index (κ3) is 2.68. The van der Waals surface area contributed by atoms with Gasteiger partial charge in [0.1, 0.15) is 5.82 Å². The van der Waals surface area contributed by atoms with E-state index in [1.807, 2.05) is 31.3 Å². The summed E-state index contributed by atoms with van der Waals surface area (Å²) in [5.41, 5.74) is 2.98. The molecule has 88 valence electrons. The van der Waals surface area contributed by atoms with Crippen molar-refractivity contribution in [2.45, 2.75) is 13.0 Å². The lowest BCUT2D eigenvalue weighted by atomic mass is 10.0. The first kappa shape index (κ1) is 11.7. The van der Waals surface area contributed by atoms with Crippen molar-refractivity contribution >= 4 is 0 Å². The van der Waals surface area contributed by atoms with Crippen LogP contribution in [0.25, 0.3) is 11.1 Å². The average molecular weight is 230 g/mol. The summed E-state index contributed by atoms with van der Waals surface area (Å²) in [5, 5.41) is 3.18. The normalized spacial score (nSPS) is 12.4. The van der Waals surface area contributed by atoms with E-state index in [0.29, 0.717) is 6.04 Å². The van der Waals surface area contributed by atoms with Crippen molar-refractivity contribution in [1.29, 1.82) is 0 Å². The van der Waals surface area contributed by atoms with Gasteiger partial charge in [0, 0.05) is 17.8 Å². The molecule has 0 radical (unpaired) electrons. The van der Waals surface area contributed by atoms with E-state index in [9.17, 15) is 4.39 Å². The largest absolute Gasteiger partial charge is 0.313 e. The predicted molar refractivity (Wildman–Crippen MR) is 67.1 cm³/mol. The predicted octanol–water partition coefficient (Wildman–Crippen LogP) is 3.17. The maximum atomic E-state index is 13.0. The molecule has 1 aromatic carbocycles. The number of benzene rings is 1. The lowest BCUT2D eigenvalue weighted by Crippen LogP contribution is -2.11. The van der Waals surface area contributed by atoms with Crippen LogP contribution in [-0.4, -0.2) is 12.0 Å². The Bertz CT molecular complexity index is 494. The van der Waals surface area contributed by atoms with Crippen molar-refractivity contribution in [1.82, 2.24) is 10.3 Å². The molecule has 0 fully saturated rings. The van der Waals surface area contributed by atoms with Gasteiger partial charge in [-0.2, -0.15) is 0 Å². The first-order chi connectivity index (χ1) is 8.20. The van der Waals surface area contributed by atoms with E-state index in [1.54, 1.807) is 6.20 Å². The molecule has 3 heteroatoms. The molecule has 1 N–H and O–H groups in total. The zero-order chi connectivity index (χ0) is 12.3. The van der Waals surface area contributed by atoms with E-state index in [-0.39, 0.29) is 5.82 Å². The molecule has 2 nitrogen and oxygen atoms in total. The average Bonchev–Trinajstić information content (AvgIpc) is 2.38. The molecule has 2 rings (SSSR count). The topological polar surface area (TPSA) is 24.9 Å². The van der Waals surface area contributed by atoms with Crippen molar-refractivity contribution < 1.29 is 4.39 Å². The van der Waals surface area contributed by atoms with E-state index in [1.165, 1.54) is 17.8 Å². The smallest absolute Gasteiger partial charge is 0.142 e. The first-order valence-electron chi connectivity index (χ1n) is 5.59. The highest BCUT2D eigenvalue weighted by Gasteiger charge is 2.03. The third-order valence-corrected chi connectivity index (χ3v) is 2.88. The number of aromatic nitrogens is 1. The highest BCUT2D eigenvalue weighted by atomic mass is 19.1. The van der Waals surface area contributed by atoms with Crippen molar-refractivity contribution in [2.75, 3.05) is 7.05 Å². The van der Waals surface area contributed by atoms with E-state index in [0.717, 1.165) is 11.1 Å². The Hall–Kier alpha value is -1.74. The Balaban J connectivity index is 2.29. The summed E-state index contributed by atoms with van der Waals surface area (Å²) in [6.45, 7) is 2.10. The van der Waals surface area contributed by atoms with Crippen LogP contribution in [0.5, 0.6) is 0 Å². The molecule has 0 bridgehead atoms. The Morgan fingerprint density at radius 3 is 2.41 bits per heavy atom. The molecule has 1 atom stereocenters. The van der Waals surface area contributed by atoms with Gasteiger partial charge in [0.25, 0.3) is 0 Å². The molecule has 0 aliphatic heterocycles. The van der Waals surface area contributed by atoms with Crippen molar-refractivity contribution in [3.05, 3.63) is 54.1 Å². The van der Waals surface area contributed by atoms with Gasteiger partial charge in [-0.15, -0.1) is 0 Å². The molecular weight excluding hydrogens is 215 g/mol. The van der Waals surface area contributed by atoms with Crippen LogP contribution in [0.15, 0.2) is 42.7 Å². The van der Waals surface area contributed by atoms with Crippen molar-refractivity contribution in [3.8, 4) is 11.1 Å². The fraction of sp³-hybridized carbons (Fsp3) is 0.214. The van der Waals surface area contributed by atoms with E-state index >= 15 is 0 Å². The lowest BCUT2D eigenvalue weighted by molar-refractivity contribution is 0.622. The SMILES string of the molecule is CNC(C)c1ccc(-c2cncc(F)c2)cc1. The van der Waals surface area contributed by atoms with Gasteiger partial charge < -0.3 is 5.32 Å². The Morgan fingerprint density at radius 1 is 1.12 bits per heavy atom. The van der Waals surface area contributed by atoms with Gasteiger partial charge in [-0.3, -0.25) is 4.98 Å². The minimum absolute atomic E-state index is 0.310. The Labute approximate surface area is 101 Å². The standard InChI is InChI=1S/C14H15FN2/c1-10(16-2)11-3-5-12(6-4-11)13-7-14(15)9-17-8-13/h3-10,16H,1-2H3. The zero-order valence-corrected chi connectivity index (χ0v) is 9.94. The maximum absolute atomic E-state index is 13.0. The first-order valence-corrected chi connectivity index (χ1v) is 5.59. The van der Waals surface area contributed by atoms with Crippen molar-refractivity contribution in [3.63, 3.8) is 0 Å². The quantitative estimate of drug-likeness (QED) is 0.876.